The van der Waals surface area contributed by atoms with Crippen molar-refractivity contribution in [3.8, 4) is 0 Å². The molecule has 296 valence electrons. The van der Waals surface area contributed by atoms with Crippen LogP contribution in [0.15, 0.2) is 29.3 Å². The Kier molecular flexibility index (Phi) is 15.6. The highest BCUT2D eigenvalue weighted by atomic mass is 35.5. The maximum Gasteiger partial charge on any atom is 0.410 e. The summed E-state index contributed by atoms with van der Waals surface area (Å²) in [5.74, 6) is -0.521. The highest BCUT2D eigenvalue weighted by Crippen LogP contribution is 2.27. The van der Waals surface area contributed by atoms with Gasteiger partial charge in [0.25, 0.3) is 11.5 Å². The molecule has 54 heavy (non-hydrogen) atoms. The van der Waals surface area contributed by atoms with Crippen LogP contribution in [0.1, 0.15) is 96.2 Å². The number of aromatic nitrogens is 4. The molecule has 18 heteroatoms. The molecule has 4 amide bonds. The topological polar surface area (TPSA) is 223 Å². The van der Waals surface area contributed by atoms with Crippen molar-refractivity contribution in [2.45, 2.75) is 91.3 Å². The van der Waals surface area contributed by atoms with Gasteiger partial charge in [0.2, 0.25) is 5.91 Å². The van der Waals surface area contributed by atoms with E-state index >= 15 is 0 Å². The van der Waals surface area contributed by atoms with Crippen molar-refractivity contribution in [2.75, 3.05) is 38.1 Å². The number of nitrogens with one attached hydrogen (secondary N) is 2. The van der Waals surface area contributed by atoms with Gasteiger partial charge in [0.1, 0.15) is 27.3 Å². The van der Waals surface area contributed by atoms with Gasteiger partial charge in [-0.1, -0.05) is 23.2 Å². The third-order valence-corrected chi connectivity index (χ3v) is 8.43. The van der Waals surface area contributed by atoms with Crippen LogP contribution in [0.3, 0.4) is 0 Å². The highest BCUT2D eigenvalue weighted by Gasteiger charge is 2.31. The molecule has 5 rings (SSSR count). The van der Waals surface area contributed by atoms with Gasteiger partial charge in [0.05, 0.1) is 34.5 Å². The summed E-state index contributed by atoms with van der Waals surface area (Å²) in [6.45, 7) is 14.9. The number of aliphatic hydroxyl groups excluding tert-OH is 1. The van der Waals surface area contributed by atoms with E-state index in [0.29, 0.717) is 68.6 Å². The fourth-order valence-electron chi connectivity index (χ4n) is 5.51. The quantitative estimate of drug-likeness (QED) is 0.241. The zero-order chi connectivity index (χ0) is 40.4. The normalized spacial score (nSPS) is 15.3. The molecular formula is C36H50Cl2N8O8. The van der Waals surface area contributed by atoms with Crippen molar-refractivity contribution in [1.29, 1.82) is 0 Å². The summed E-state index contributed by atoms with van der Waals surface area (Å²) in [6.07, 6.45) is 4.56. The molecule has 0 radical (unpaired) electrons. The molecule has 0 bridgehead atoms. The molecule has 3 aromatic heterocycles. The Balaban J connectivity index is 0.000000271. The first kappa shape index (κ1) is 43.9. The van der Waals surface area contributed by atoms with Crippen LogP contribution >= 0.6 is 23.2 Å². The number of piperidine rings is 2. The fraction of sp³-hybridized carbons (Fsp3) is 0.556. The minimum Gasteiger partial charge on any atom is -0.444 e. The summed E-state index contributed by atoms with van der Waals surface area (Å²) in [5.41, 5.74) is 4.87. The predicted octanol–water partition coefficient (Wildman–Crippen LogP) is 5.50. The van der Waals surface area contributed by atoms with E-state index in [2.05, 4.69) is 25.3 Å². The van der Waals surface area contributed by atoms with Gasteiger partial charge in [-0.25, -0.2) is 24.5 Å². The number of aliphatic hydroxyl groups is 1. The number of primary amides is 1. The maximum absolute atomic E-state index is 12.5. The number of aromatic amines is 1. The average molecular weight is 794 g/mol. The van der Waals surface area contributed by atoms with E-state index in [9.17, 15) is 24.0 Å². The van der Waals surface area contributed by atoms with E-state index in [-0.39, 0.29) is 63.7 Å². The van der Waals surface area contributed by atoms with Crippen LogP contribution in [-0.4, -0.2) is 103 Å². The number of fused-ring (bicyclic) bond motifs is 1. The van der Waals surface area contributed by atoms with Gasteiger partial charge in [0, 0.05) is 44.6 Å². The summed E-state index contributed by atoms with van der Waals surface area (Å²) >= 11 is 11.6. The Morgan fingerprint density at radius 3 is 1.87 bits per heavy atom. The van der Waals surface area contributed by atoms with Crippen molar-refractivity contribution in [3.05, 3.63) is 56.6 Å². The molecule has 2 aliphatic heterocycles. The summed E-state index contributed by atoms with van der Waals surface area (Å²) in [7, 11) is 0. The number of H-pyrrole nitrogens is 1. The second kappa shape index (κ2) is 19.2. The van der Waals surface area contributed by atoms with E-state index in [0.717, 1.165) is 0 Å². The summed E-state index contributed by atoms with van der Waals surface area (Å²) in [5, 5.41) is 11.0. The number of anilines is 1. The molecule has 0 saturated carbocycles. The first-order valence-electron chi connectivity index (χ1n) is 17.6. The lowest BCUT2D eigenvalue weighted by atomic mass is 9.96. The molecule has 0 atom stereocenters. The smallest absolute Gasteiger partial charge is 0.410 e. The van der Waals surface area contributed by atoms with Crippen LogP contribution in [0, 0.1) is 5.92 Å². The lowest BCUT2D eigenvalue weighted by Crippen LogP contribution is -2.43. The first-order chi connectivity index (χ1) is 25.2. The molecule has 0 spiro atoms. The number of hydrogen-bond donors (Lipinski definition) is 4. The number of carbonyl (C=O) groups excluding carboxylic acids is 4. The number of halogens is 2. The molecule has 5 N–H and O–H groups in total. The maximum atomic E-state index is 12.5. The van der Waals surface area contributed by atoms with Crippen molar-refractivity contribution in [1.82, 2.24) is 29.7 Å². The number of amides is 4. The lowest BCUT2D eigenvalue weighted by Gasteiger charge is -2.33. The Morgan fingerprint density at radius 2 is 1.37 bits per heavy atom. The molecule has 3 aromatic rings. The van der Waals surface area contributed by atoms with E-state index in [4.69, 9.17) is 43.5 Å². The van der Waals surface area contributed by atoms with Gasteiger partial charge in [-0.15, -0.1) is 0 Å². The zero-order valence-corrected chi connectivity index (χ0v) is 33.2. The summed E-state index contributed by atoms with van der Waals surface area (Å²) in [4.78, 5) is 78.9. The molecule has 0 aromatic carbocycles. The minimum atomic E-state index is -0.704. The molecule has 5 heterocycles. The Morgan fingerprint density at radius 1 is 0.889 bits per heavy atom. The van der Waals surface area contributed by atoms with Crippen LogP contribution in [0.2, 0.25) is 10.3 Å². The third kappa shape index (κ3) is 13.4. The number of nitrogens with two attached hydrogens (primary N) is 1. The molecular weight excluding hydrogens is 743 g/mol. The van der Waals surface area contributed by atoms with Crippen LogP contribution < -0.4 is 16.6 Å². The van der Waals surface area contributed by atoms with Gasteiger partial charge >= 0.3 is 12.2 Å². The molecule has 2 aliphatic rings. The monoisotopic (exact) mass is 792 g/mol. The van der Waals surface area contributed by atoms with E-state index in [1.165, 1.54) is 24.5 Å². The van der Waals surface area contributed by atoms with Crippen molar-refractivity contribution in [2.24, 2.45) is 11.7 Å². The average Bonchev–Trinajstić information content (AvgIpc) is 3.08. The van der Waals surface area contributed by atoms with Gasteiger partial charge in [-0.3, -0.25) is 14.4 Å². The number of carbonyl (C=O) groups is 4. The standard InChI is InChI=1S/C17H23ClN4O4.C17H21ClN4O3.C2H6O/c1-17(2,3)26-16(25)22-6-4-10(5-7-22)15(24)21-12-9-20-13(18)8-11(12)14(19)23;1-17(2,3)25-16(24)22-6-4-10(5-7-22)14-20-12-9-19-13(18)8-11(12)15(23)21-14;1-2-3/h8-10H,4-7H2,1-3H3,(H2,19,23)(H,21,24);8-10H,4-7H2,1-3H3,(H,20,21,23);3H,2H2,1H3. The minimum absolute atomic E-state index is 0.0893. The highest BCUT2D eigenvalue weighted by molar-refractivity contribution is 6.30. The molecule has 2 fully saturated rings. The van der Waals surface area contributed by atoms with Gasteiger partial charge in [-0.2, -0.15) is 0 Å². The molecule has 2 saturated heterocycles. The van der Waals surface area contributed by atoms with Gasteiger partial charge < -0.3 is 40.4 Å². The van der Waals surface area contributed by atoms with E-state index in [1.54, 1.807) is 16.7 Å². The van der Waals surface area contributed by atoms with Crippen molar-refractivity contribution >= 4 is 63.8 Å². The van der Waals surface area contributed by atoms with Crippen molar-refractivity contribution in [3.63, 3.8) is 0 Å². The predicted molar refractivity (Wildman–Crippen MR) is 205 cm³/mol. The largest absolute Gasteiger partial charge is 0.444 e. The number of nitrogens with zero attached hydrogens (tertiary/aromatic N) is 5. The summed E-state index contributed by atoms with van der Waals surface area (Å²) in [6, 6.07) is 2.82. The molecule has 0 unspecified atom stereocenters. The first-order valence-corrected chi connectivity index (χ1v) is 18.3. The Bertz CT molecular complexity index is 1840. The second-order valence-corrected chi connectivity index (χ2v) is 15.5. The van der Waals surface area contributed by atoms with Gasteiger partial charge in [-0.05, 0) is 86.3 Å². The van der Waals surface area contributed by atoms with Crippen LogP contribution in [0.25, 0.3) is 10.9 Å². The van der Waals surface area contributed by atoms with Crippen LogP contribution in [0.5, 0.6) is 0 Å². The molecule has 0 aliphatic carbocycles. The molecule has 16 nitrogen and oxygen atoms in total. The lowest BCUT2D eigenvalue weighted by molar-refractivity contribution is -0.121. The zero-order valence-electron chi connectivity index (χ0n) is 31.7. The number of likely N-dealkylation sites (tertiary alicyclic amines) is 2. The number of rotatable bonds is 4. The van der Waals surface area contributed by atoms with Crippen LogP contribution in [0.4, 0.5) is 15.3 Å². The fourth-order valence-corrected chi connectivity index (χ4v) is 5.83. The van der Waals surface area contributed by atoms with E-state index < -0.39 is 17.1 Å². The number of ether oxygens (including phenoxy) is 2. The third-order valence-electron chi connectivity index (χ3n) is 8.02. The van der Waals surface area contributed by atoms with E-state index in [1.807, 2.05) is 41.5 Å². The SMILES string of the molecule is CC(C)(C)OC(=O)N1CCC(C(=O)Nc2cnc(Cl)cc2C(N)=O)CC1.CC(C)(C)OC(=O)N1CCC(c2nc3cnc(Cl)cc3c(=O)[nH]2)CC1.CCO. The summed E-state index contributed by atoms with van der Waals surface area (Å²) < 4.78 is 10.7. The van der Waals surface area contributed by atoms with Crippen LogP contribution in [-0.2, 0) is 14.3 Å². The Hall–Kier alpha value is -4.54. The number of pyridine rings is 2. The van der Waals surface area contributed by atoms with Crippen molar-refractivity contribution < 1.29 is 33.8 Å². The Labute approximate surface area is 324 Å². The van der Waals surface area contributed by atoms with Gasteiger partial charge in [0.15, 0.2) is 0 Å². The number of hydrogen-bond acceptors (Lipinski definition) is 11. The second-order valence-electron chi connectivity index (χ2n) is 14.7.